The molecule has 1 unspecified atom stereocenters. The summed E-state index contributed by atoms with van der Waals surface area (Å²) in [4.78, 5) is 2.33. The molecule has 0 radical (unpaired) electrons. The largest absolute Gasteiger partial charge is 0.315 e. The summed E-state index contributed by atoms with van der Waals surface area (Å²) in [5.41, 5.74) is -0.459. The van der Waals surface area contributed by atoms with E-state index in [0.717, 1.165) is 38.4 Å². The van der Waals surface area contributed by atoms with Crippen LogP contribution >= 0.6 is 0 Å². The highest BCUT2D eigenvalue weighted by atomic mass is 15.3. The average Bonchev–Trinajstić information content (AvgIpc) is 2.83. The molecule has 0 aliphatic carbocycles. The van der Waals surface area contributed by atoms with Crippen molar-refractivity contribution in [3.8, 4) is 6.07 Å². The minimum absolute atomic E-state index is 0.314. The first kappa shape index (κ1) is 14.0. The first-order valence-corrected chi connectivity index (χ1v) is 6.80. The number of hydrogen-bond donors (Lipinski definition) is 1. The Kier molecular flexibility index (Phi) is 4.17. The SMILES string of the molecule is CC(C)NC(C)(C#N)CCN1CCn2cnnc2C1. The van der Waals surface area contributed by atoms with E-state index in [4.69, 9.17) is 0 Å². The summed E-state index contributed by atoms with van der Waals surface area (Å²) in [6.07, 6.45) is 2.60. The van der Waals surface area contributed by atoms with Crippen LogP contribution in [0.25, 0.3) is 0 Å². The highest BCUT2D eigenvalue weighted by molar-refractivity contribution is 5.05. The van der Waals surface area contributed by atoms with Crippen LogP contribution in [0.2, 0.25) is 0 Å². The van der Waals surface area contributed by atoms with Crippen LogP contribution in [0.3, 0.4) is 0 Å². The van der Waals surface area contributed by atoms with E-state index >= 15 is 0 Å². The van der Waals surface area contributed by atoms with Gasteiger partial charge in [-0.05, 0) is 27.2 Å². The molecule has 6 nitrogen and oxygen atoms in total. The lowest BCUT2D eigenvalue weighted by atomic mass is 9.98. The van der Waals surface area contributed by atoms with E-state index in [1.165, 1.54) is 0 Å². The molecular weight excluding hydrogens is 240 g/mol. The Hall–Kier alpha value is -1.45. The predicted molar refractivity (Wildman–Crippen MR) is 72.2 cm³/mol. The number of nitriles is 1. The second-order valence-corrected chi connectivity index (χ2v) is 5.71. The summed E-state index contributed by atoms with van der Waals surface area (Å²) in [5.74, 6) is 1.02. The fourth-order valence-electron chi connectivity index (χ4n) is 2.49. The van der Waals surface area contributed by atoms with Crippen molar-refractivity contribution in [1.82, 2.24) is 25.0 Å². The number of nitrogens with one attached hydrogen (secondary N) is 1. The maximum atomic E-state index is 9.33. The van der Waals surface area contributed by atoms with Crippen LogP contribution in [0.1, 0.15) is 33.0 Å². The van der Waals surface area contributed by atoms with Gasteiger partial charge < -0.3 is 4.57 Å². The summed E-state index contributed by atoms with van der Waals surface area (Å²) in [5, 5.41) is 20.7. The van der Waals surface area contributed by atoms with Gasteiger partial charge in [0.25, 0.3) is 0 Å². The molecule has 1 aliphatic heterocycles. The van der Waals surface area contributed by atoms with Gasteiger partial charge in [0.05, 0.1) is 12.6 Å². The van der Waals surface area contributed by atoms with Crippen molar-refractivity contribution in [1.29, 1.82) is 5.26 Å². The zero-order valence-electron chi connectivity index (χ0n) is 11.9. The smallest absolute Gasteiger partial charge is 0.147 e. The zero-order valence-corrected chi connectivity index (χ0v) is 11.9. The first-order valence-electron chi connectivity index (χ1n) is 6.80. The van der Waals surface area contributed by atoms with Crippen LogP contribution in [0, 0.1) is 11.3 Å². The second kappa shape index (κ2) is 5.68. The van der Waals surface area contributed by atoms with Gasteiger partial charge >= 0.3 is 0 Å². The minimum atomic E-state index is -0.459. The second-order valence-electron chi connectivity index (χ2n) is 5.71. The third-order valence-corrected chi connectivity index (χ3v) is 3.50. The summed E-state index contributed by atoms with van der Waals surface area (Å²) < 4.78 is 2.09. The molecule has 0 amide bonds. The standard InChI is InChI=1S/C13H22N6/c1-11(2)16-13(3,9-14)4-5-18-6-7-19-10-15-17-12(19)8-18/h10-11,16H,4-8H2,1-3H3. The van der Waals surface area contributed by atoms with E-state index in [9.17, 15) is 5.26 Å². The van der Waals surface area contributed by atoms with Crippen molar-refractivity contribution >= 4 is 0 Å². The Morgan fingerprint density at radius 3 is 3.00 bits per heavy atom. The summed E-state index contributed by atoms with van der Waals surface area (Å²) in [6, 6.07) is 2.71. The lowest BCUT2D eigenvalue weighted by Crippen LogP contribution is -2.47. The van der Waals surface area contributed by atoms with Crippen LogP contribution in [-0.2, 0) is 13.1 Å². The van der Waals surface area contributed by atoms with E-state index in [-0.39, 0.29) is 0 Å². The molecule has 6 heteroatoms. The van der Waals surface area contributed by atoms with Gasteiger partial charge in [-0.15, -0.1) is 10.2 Å². The van der Waals surface area contributed by atoms with Crippen LogP contribution in [0.15, 0.2) is 6.33 Å². The number of fused-ring (bicyclic) bond motifs is 1. The molecule has 0 fully saturated rings. The molecule has 1 aromatic heterocycles. The summed E-state index contributed by atoms with van der Waals surface area (Å²) in [7, 11) is 0. The molecular formula is C13H22N6. The highest BCUT2D eigenvalue weighted by Gasteiger charge is 2.26. The van der Waals surface area contributed by atoms with E-state index in [1.54, 1.807) is 6.33 Å². The quantitative estimate of drug-likeness (QED) is 0.848. The number of rotatable bonds is 5. The Morgan fingerprint density at radius 1 is 1.53 bits per heavy atom. The van der Waals surface area contributed by atoms with Gasteiger partial charge in [-0.2, -0.15) is 5.26 Å². The van der Waals surface area contributed by atoms with Gasteiger partial charge in [-0.3, -0.25) is 10.2 Å². The third-order valence-electron chi connectivity index (χ3n) is 3.50. The van der Waals surface area contributed by atoms with Gasteiger partial charge in [-0.1, -0.05) is 0 Å². The molecule has 0 spiro atoms. The van der Waals surface area contributed by atoms with Crippen molar-refractivity contribution < 1.29 is 0 Å². The zero-order chi connectivity index (χ0) is 13.9. The number of aromatic nitrogens is 3. The van der Waals surface area contributed by atoms with Crippen molar-refractivity contribution in [2.45, 2.75) is 51.9 Å². The van der Waals surface area contributed by atoms with Gasteiger partial charge in [0.15, 0.2) is 0 Å². The topological polar surface area (TPSA) is 69.8 Å². The van der Waals surface area contributed by atoms with Gasteiger partial charge in [0.1, 0.15) is 17.7 Å². The van der Waals surface area contributed by atoms with Crippen molar-refractivity contribution in [3.05, 3.63) is 12.2 Å². The van der Waals surface area contributed by atoms with Crippen LogP contribution in [0.4, 0.5) is 0 Å². The van der Waals surface area contributed by atoms with E-state index in [0.29, 0.717) is 6.04 Å². The predicted octanol–water partition coefficient (Wildman–Crippen LogP) is 0.764. The van der Waals surface area contributed by atoms with Crippen molar-refractivity contribution in [3.63, 3.8) is 0 Å². The Bertz CT molecular complexity index is 460. The van der Waals surface area contributed by atoms with Crippen LogP contribution in [0.5, 0.6) is 0 Å². The van der Waals surface area contributed by atoms with Gasteiger partial charge in [-0.25, -0.2) is 0 Å². The Balaban J connectivity index is 1.88. The molecule has 0 bridgehead atoms. The monoisotopic (exact) mass is 262 g/mol. The lowest BCUT2D eigenvalue weighted by Gasteiger charge is -2.31. The fourth-order valence-corrected chi connectivity index (χ4v) is 2.49. The molecule has 2 heterocycles. The highest BCUT2D eigenvalue weighted by Crippen LogP contribution is 2.14. The molecule has 1 atom stereocenters. The molecule has 104 valence electrons. The van der Waals surface area contributed by atoms with Crippen molar-refractivity contribution in [2.24, 2.45) is 0 Å². The minimum Gasteiger partial charge on any atom is -0.315 e. The maximum absolute atomic E-state index is 9.33. The van der Waals surface area contributed by atoms with E-state index in [2.05, 4.69) is 44.9 Å². The van der Waals surface area contributed by atoms with Gasteiger partial charge in [0, 0.05) is 25.7 Å². The van der Waals surface area contributed by atoms with Gasteiger partial charge in [0.2, 0.25) is 0 Å². The molecule has 1 aromatic rings. The average molecular weight is 262 g/mol. The number of hydrogen-bond acceptors (Lipinski definition) is 5. The molecule has 0 aromatic carbocycles. The normalized spacial score (nSPS) is 18.9. The van der Waals surface area contributed by atoms with Crippen molar-refractivity contribution in [2.75, 3.05) is 13.1 Å². The first-order chi connectivity index (χ1) is 9.02. The lowest BCUT2D eigenvalue weighted by molar-refractivity contribution is 0.196. The summed E-state index contributed by atoms with van der Waals surface area (Å²) >= 11 is 0. The molecule has 0 saturated heterocycles. The van der Waals surface area contributed by atoms with E-state index in [1.807, 2.05) is 6.92 Å². The third kappa shape index (κ3) is 3.52. The fraction of sp³-hybridized carbons (Fsp3) is 0.769. The molecule has 1 aliphatic rings. The molecule has 2 rings (SSSR count). The molecule has 0 saturated carbocycles. The maximum Gasteiger partial charge on any atom is 0.147 e. The van der Waals surface area contributed by atoms with Crippen LogP contribution in [-0.4, -0.2) is 44.3 Å². The summed E-state index contributed by atoms with van der Waals surface area (Å²) in [6.45, 7) is 9.76. The number of nitrogens with zero attached hydrogens (tertiary/aromatic N) is 5. The van der Waals surface area contributed by atoms with E-state index < -0.39 is 5.54 Å². The molecule has 19 heavy (non-hydrogen) atoms. The Morgan fingerprint density at radius 2 is 2.32 bits per heavy atom. The van der Waals surface area contributed by atoms with Crippen LogP contribution < -0.4 is 5.32 Å². The molecule has 1 N–H and O–H groups in total. The Labute approximate surface area is 114 Å².